The third kappa shape index (κ3) is 18.2. The maximum absolute atomic E-state index is 12.3. The van der Waals surface area contributed by atoms with Crippen molar-refractivity contribution in [2.24, 2.45) is 9.98 Å². The maximum atomic E-state index is 12.3. The van der Waals surface area contributed by atoms with Crippen molar-refractivity contribution in [1.82, 2.24) is 29.5 Å². The van der Waals surface area contributed by atoms with Gasteiger partial charge in [-0.15, -0.1) is 0 Å². The van der Waals surface area contributed by atoms with Crippen molar-refractivity contribution in [3.8, 4) is 0 Å². The van der Waals surface area contributed by atoms with E-state index < -0.39 is 28.6 Å². The van der Waals surface area contributed by atoms with Crippen molar-refractivity contribution in [2.75, 3.05) is 14.2 Å². The summed E-state index contributed by atoms with van der Waals surface area (Å²) >= 11 is 0. The Bertz CT molecular complexity index is 3010. The van der Waals surface area contributed by atoms with E-state index in [1.54, 1.807) is 18.0 Å². The van der Waals surface area contributed by atoms with Crippen LogP contribution in [0.2, 0.25) is 0 Å². The Balaban J connectivity index is 0.000000360. The second-order valence-electron chi connectivity index (χ2n) is 14.9. The van der Waals surface area contributed by atoms with Gasteiger partial charge in [0.1, 0.15) is 22.9 Å². The fraction of sp³-hybridized carbons (Fsp3) is 0.196. The summed E-state index contributed by atoms with van der Waals surface area (Å²) in [6, 6.07) is 24.1. The van der Waals surface area contributed by atoms with Gasteiger partial charge in [-0.05, 0) is 74.2 Å². The number of aryl methyl sites for hydroxylation is 4. The number of carbonyl (C=O) groups is 1. The van der Waals surface area contributed by atoms with Crippen molar-refractivity contribution in [1.29, 1.82) is 0 Å². The van der Waals surface area contributed by atoms with E-state index in [9.17, 15) is 21.6 Å². The Morgan fingerprint density at radius 3 is 1.65 bits per heavy atom. The molecule has 2 aliphatic rings. The van der Waals surface area contributed by atoms with Crippen LogP contribution in [0.4, 0.5) is 13.2 Å². The second kappa shape index (κ2) is 28.7. The van der Waals surface area contributed by atoms with Gasteiger partial charge in [0.05, 0.1) is 39.2 Å². The molecule has 0 radical (unpaired) electrons. The summed E-state index contributed by atoms with van der Waals surface area (Å²) in [5.41, 5.74) is 5.82. The van der Waals surface area contributed by atoms with Crippen molar-refractivity contribution in [2.45, 2.75) is 46.3 Å². The minimum absolute atomic E-state index is 0. The van der Waals surface area contributed by atoms with Crippen molar-refractivity contribution >= 4 is 52.9 Å². The molecule has 2 aliphatic heterocycles. The molecule has 6 aromatic rings. The molecule has 0 atom stereocenters. The van der Waals surface area contributed by atoms with E-state index in [4.69, 9.17) is 34.6 Å². The molecule has 0 saturated heterocycles. The molecule has 0 spiro atoms. The van der Waals surface area contributed by atoms with Crippen molar-refractivity contribution < 1.29 is 164 Å². The Morgan fingerprint density at radius 1 is 0.761 bits per heavy atom. The molecule has 4 N–H and O–H groups in total. The molecule has 18 nitrogen and oxygen atoms in total. The molecule has 4 aromatic heterocycles. The van der Waals surface area contributed by atoms with Gasteiger partial charge >= 0.3 is 126 Å². The first-order chi connectivity index (χ1) is 32.8. The number of rotatable bonds is 12. The summed E-state index contributed by atoms with van der Waals surface area (Å²) < 4.78 is 77.1. The summed E-state index contributed by atoms with van der Waals surface area (Å²) in [4.78, 5) is 26.1. The predicted octanol–water partition coefficient (Wildman–Crippen LogP) is -0.802. The van der Waals surface area contributed by atoms with Crippen LogP contribution in [-0.4, -0.2) is 92.9 Å². The fourth-order valence-electron chi connectivity index (χ4n) is 6.49. The van der Waals surface area contributed by atoms with Crippen LogP contribution >= 0.6 is 0 Å². The van der Waals surface area contributed by atoms with E-state index in [2.05, 4.69) is 59.4 Å². The summed E-state index contributed by atoms with van der Waals surface area (Å²) in [7, 11) is -4.28. The number of aromatic nitrogens is 6. The Kier molecular flexibility index (Phi) is 24.6. The number of alkyl halides is 3. The van der Waals surface area contributed by atoms with Crippen LogP contribution < -0.4 is 113 Å². The van der Waals surface area contributed by atoms with E-state index in [1.165, 1.54) is 30.5 Å². The first kappa shape index (κ1) is 60.9. The van der Waals surface area contributed by atoms with Gasteiger partial charge in [0.15, 0.2) is 0 Å². The van der Waals surface area contributed by atoms with E-state index in [0.29, 0.717) is 17.7 Å². The monoisotopic (exact) mass is 1050 g/mol. The second-order valence-corrected chi connectivity index (χ2v) is 16.5. The molecule has 25 heteroatoms. The van der Waals surface area contributed by atoms with Crippen LogP contribution in [0.15, 0.2) is 143 Å². The van der Waals surface area contributed by atoms with Gasteiger partial charge in [-0.3, -0.25) is 14.2 Å². The van der Waals surface area contributed by atoms with Crippen LogP contribution in [-0.2, 0) is 46.5 Å². The number of methoxy groups -OCH3 is 2. The average molecular weight is 1050 g/mol. The average Bonchev–Trinajstić information content (AvgIpc) is 4.19. The SMILES string of the molecule is COC1=CC(OS(=O)(=O)C(F)(F)F)=N/C1=C\c1[nH]c(C)cc1C.COC1=CC(c2cnn(Cc3ccccc3)c2)=N/C1=C\c1[nH]c(C)cc1C.O=CO[O-].OB(O)c1cnn(Cc2ccccc2)c1.[H-].[K+].[K+]. The molecular formula is C46H48BF3K2N8O10S. The van der Waals surface area contributed by atoms with Gasteiger partial charge in [-0.2, -0.15) is 31.8 Å². The number of H-pyrrole nitrogens is 2. The molecule has 0 saturated carbocycles. The van der Waals surface area contributed by atoms with E-state index in [-0.39, 0.29) is 122 Å². The molecule has 6 heterocycles. The maximum Gasteiger partial charge on any atom is 1.00 e. The molecular weight excluding hydrogens is 1000 g/mol. The number of benzene rings is 2. The first-order valence-electron chi connectivity index (χ1n) is 20.5. The predicted molar refractivity (Wildman–Crippen MR) is 250 cm³/mol. The molecule has 0 bridgehead atoms. The summed E-state index contributed by atoms with van der Waals surface area (Å²) in [6.45, 7) is 8.98. The Hall–Kier alpha value is -4.45. The van der Waals surface area contributed by atoms with E-state index >= 15 is 0 Å². The van der Waals surface area contributed by atoms with Gasteiger partial charge in [-0.1, -0.05) is 60.7 Å². The number of allylic oxidation sites excluding steroid dienone is 1. The van der Waals surface area contributed by atoms with Crippen LogP contribution in [0.25, 0.3) is 12.2 Å². The minimum atomic E-state index is -5.78. The quantitative estimate of drug-likeness (QED) is 0.0294. The molecule has 0 aliphatic carbocycles. The molecule has 0 amide bonds. The van der Waals surface area contributed by atoms with Crippen LogP contribution in [0, 0.1) is 27.7 Å². The molecule has 8 rings (SSSR count). The number of aromatic amines is 2. The topological polar surface area (TPSA) is 244 Å². The molecule has 71 heavy (non-hydrogen) atoms. The van der Waals surface area contributed by atoms with E-state index in [0.717, 1.165) is 63.6 Å². The number of nitrogens with zero attached hydrogens (tertiary/aromatic N) is 6. The van der Waals surface area contributed by atoms with Gasteiger partial charge in [0.2, 0.25) is 5.90 Å². The summed E-state index contributed by atoms with van der Waals surface area (Å²) in [5.74, 6) is 0.128. The zero-order chi connectivity index (χ0) is 50.3. The van der Waals surface area contributed by atoms with Gasteiger partial charge in [0, 0.05) is 64.5 Å². The van der Waals surface area contributed by atoms with Gasteiger partial charge in [-0.25, -0.2) is 9.98 Å². The molecule has 0 unspecified atom stereocenters. The number of ether oxygens (including phenoxy) is 2. The zero-order valence-electron chi connectivity index (χ0n) is 41.0. The van der Waals surface area contributed by atoms with Crippen LogP contribution in [0.5, 0.6) is 0 Å². The molecule has 2 aromatic carbocycles. The fourth-order valence-corrected chi connectivity index (χ4v) is 6.89. The van der Waals surface area contributed by atoms with Crippen LogP contribution in [0.1, 0.15) is 52.0 Å². The summed E-state index contributed by atoms with van der Waals surface area (Å²) in [5, 5.41) is 34.7. The third-order valence-corrected chi connectivity index (χ3v) is 10.6. The number of hydrogen-bond acceptors (Lipinski definition) is 14. The number of hydrogen-bond donors (Lipinski definition) is 4. The number of aliphatic imine (C=N–C) groups is 2. The van der Waals surface area contributed by atoms with Crippen LogP contribution in [0.3, 0.4) is 0 Å². The Labute approximate surface area is 494 Å². The largest absolute Gasteiger partial charge is 1.00 e. The smallest absolute Gasteiger partial charge is 1.00 e. The molecule has 0 fully saturated rings. The zero-order valence-corrected chi connectivity index (χ0v) is 47.1. The summed E-state index contributed by atoms with van der Waals surface area (Å²) in [6.07, 6.45) is 13.4. The third-order valence-electron chi connectivity index (χ3n) is 9.65. The standard InChI is InChI=1S/C22H22N4O.C13H13F3N2O4S.C10H11BN2O2.CH2O3.2K.H/c1-15-9-16(2)24-19(15)10-21-22(27-3)11-20(25-21)18-12-23-26(14-18)13-17-7-5-4-6-8-17;1-7-4-8(2)17-9(7)5-10-11(21-3)6-12(18-10)22-23(19,20)13(14,15)16;14-11(15)10-6-12-13(8-10)7-9-4-2-1-3-5-9;2-1-4-3;;;/h4-12,14,24H,13H2,1-3H3;4-6,17H,1-3H3;1-6,8,14-15H,7H2;1,3H;;;/q;;;;2*+1;-1/p-1/b21-10-;10-5-;;;;;. The first-order valence-corrected chi connectivity index (χ1v) is 21.9. The normalized spacial score (nSPS) is 13.8. The minimum Gasteiger partial charge on any atom is -1.00 e. The van der Waals surface area contributed by atoms with E-state index in [1.807, 2.05) is 105 Å². The van der Waals surface area contributed by atoms with Gasteiger partial charge in [0.25, 0.3) is 6.47 Å². The number of halogens is 3. The molecule has 364 valence electrons. The Morgan fingerprint density at radius 2 is 1.23 bits per heavy atom. The van der Waals surface area contributed by atoms with Gasteiger partial charge < -0.3 is 45.2 Å². The number of nitrogens with one attached hydrogen (secondary N) is 2. The number of carbonyl (C=O) groups excluding carboxylic acids is 1. The van der Waals surface area contributed by atoms with Crippen molar-refractivity contribution in [3.05, 3.63) is 183 Å². The van der Waals surface area contributed by atoms with Crippen molar-refractivity contribution in [3.63, 3.8) is 0 Å².